The number of cyclic esters (lactones) is 2. The van der Waals surface area contributed by atoms with Crippen LogP contribution in [-0.2, 0) is 18.9 Å². The number of aliphatic hydroxyl groups excluding tert-OH is 2. The summed E-state index contributed by atoms with van der Waals surface area (Å²) in [5.74, 6) is -22.9. The lowest BCUT2D eigenvalue weighted by molar-refractivity contribution is -0.153. The van der Waals surface area contributed by atoms with Crippen molar-refractivity contribution in [2.75, 3.05) is 6.61 Å². The van der Waals surface area contributed by atoms with Crippen LogP contribution >= 0.6 is 0 Å². The summed E-state index contributed by atoms with van der Waals surface area (Å²) >= 11 is 0. The maximum Gasteiger partial charge on any atom is 0.342 e. The highest BCUT2D eigenvalue weighted by Gasteiger charge is 2.53. The van der Waals surface area contributed by atoms with Gasteiger partial charge in [-0.15, -0.1) is 0 Å². The zero-order valence-corrected chi connectivity index (χ0v) is 27.4. The molecule has 0 amide bonds. The SMILES string of the molecule is O=C1OC(C2OC(=O)c3cc(O)c(O)c(O)c3-c3c(O)c(O)c(O)c4c3C(=O)OC2C4O)C(O)COC(=O)c2cc(O)c(O)c(O)c2-c2cc1c(O)c(O)c2O. The van der Waals surface area contributed by atoms with E-state index in [1.807, 2.05) is 0 Å². The van der Waals surface area contributed by atoms with Crippen molar-refractivity contribution >= 4 is 23.9 Å². The van der Waals surface area contributed by atoms with Crippen molar-refractivity contribution in [2.24, 2.45) is 0 Å². The first-order valence-electron chi connectivity index (χ1n) is 15.6. The van der Waals surface area contributed by atoms with E-state index in [0.717, 1.165) is 0 Å². The molecule has 8 rings (SSSR count). The number of ether oxygens (including phenoxy) is 4. The fourth-order valence-electron chi connectivity index (χ4n) is 6.66. The quantitative estimate of drug-likeness (QED) is 0.0703. The highest BCUT2D eigenvalue weighted by Crippen LogP contribution is 2.58. The Hall–Kier alpha value is -7.72. The first-order chi connectivity index (χ1) is 26.3. The van der Waals surface area contributed by atoms with Crippen molar-refractivity contribution in [3.8, 4) is 91.2 Å². The molecule has 0 aliphatic carbocycles. The summed E-state index contributed by atoms with van der Waals surface area (Å²) in [4.78, 5) is 54.8. The maximum atomic E-state index is 13.9. The van der Waals surface area contributed by atoms with Gasteiger partial charge in [-0.2, -0.15) is 0 Å². The van der Waals surface area contributed by atoms with E-state index in [4.69, 9.17) is 18.9 Å². The summed E-state index contributed by atoms with van der Waals surface area (Å²) in [6, 6.07) is 1.45. The Labute approximate surface area is 307 Å². The van der Waals surface area contributed by atoms with Crippen LogP contribution in [0.15, 0.2) is 18.2 Å². The molecule has 0 radical (unpaired) electrons. The minimum atomic E-state index is -2.55. The summed E-state index contributed by atoms with van der Waals surface area (Å²) in [6.45, 7) is -1.33. The molecule has 4 aromatic carbocycles. The number of phenols is 12. The van der Waals surface area contributed by atoms with E-state index in [1.54, 1.807) is 0 Å². The Bertz CT molecular complexity index is 2470. The highest BCUT2D eigenvalue weighted by atomic mass is 16.6. The van der Waals surface area contributed by atoms with Gasteiger partial charge in [0.25, 0.3) is 0 Å². The molecular formula is C34H24O22. The van der Waals surface area contributed by atoms with Crippen LogP contribution in [0.5, 0.6) is 69.0 Å². The normalized spacial score (nSPS) is 21.6. The zero-order valence-electron chi connectivity index (χ0n) is 27.4. The molecule has 4 aliphatic rings. The highest BCUT2D eigenvalue weighted by molar-refractivity contribution is 6.10. The third-order valence-electron chi connectivity index (χ3n) is 9.35. The standard InChI is InChI=1S/C34H24O22/c35-9-2-6-12(21(42)19(9)40)5-1-8(18(39)26(47)17(5)38)33(51)54-28(11(37)4-53-31(6)49)30-29-25(46)16-15(34(52)55-29)14(23(44)27(48)24(16)45)13-7(32(50)56-30)3-10(36)20(41)22(13)43/h1-3,11,25,28-30,35-48H,4H2. The molecule has 5 atom stereocenters. The average Bonchev–Trinajstić information content (AvgIpc) is 3.15. The molecule has 6 bridgehead atoms. The van der Waals surface area contributed by atoms with E-state index in [2.05, 4.69) is 0 Å². The molecule has 0 fully saturated rings. The van der Waals surface area contributed by atoms with Crippen LogP contribution in [0.1, 0.15) is 53.1 Å². The molecular weight excluding hydrogens is 760 g/mol. The van der Waals surface area contributed by atoms with Gasteiger partial charge in [-0.25, -0.2) is 19.2 Å². The number of benzene rings is 4. The molecule has 4 aromatic rings. The Kier molecular flexibility index (Phi) is 8.13. The summed E-state index contributed by atoms with van der Waals surface area (Å²) < 4.78 is 21.2. The number of fused-ring (bicyclic) bond motifs is 7. The molecule has 22 nitrogen and oxygen atoms in total. The van der Waals surface area contributed by atoms with Crippen molar-refractivity contribution < 1.29 is 110 Å². The van der Waals surface area contributed by atoms with E-state index >= 15 is 0 Å². The first-order valence-corrected chi connectivity index (χ1v) is 15.6. The number of hydrogen-bond acceptors (Lipinski definition) is 22. The van der Waals surface area contributed by atoms with Crippen LogP contribution in [0, 0.1) is 0 Å². The van der Waals surface area contributed by atoms with Gasteiger partial charge < -0.3 is 90.4 Å². The summed E-state index contributed by atoms with van der Waals surface area (Å²) in [7, 11) is 0. The van der Waals surface area contributed by atoms with Gasteiger partial charge in [0.2, 0.25) is 23.0 Å². The number of carbonyl (C=O) groups excluding carboxylic acids is 4. The van der Waals surface area contributed by atoms with Gasteiger partial charge >= 0.3 is 23.9 Å². The largest absolute Gasteiger partial charge is 0.504 e. The average molecular weight is 785 g/mol. The summed E-state index contributed by atoms with van der Waals surface area (Å²) in [6.07, 6.45) is -12.5. The van der Waals surface area contributed by atoms with Crippen LogP contribution in [0.25, 0.3) is 22.3 Å². The van der Waals surface area contributed by atoms with E-state index in [1.165, 1.54) is 0 Å². The third-order valence-corrected chi connectivity index (χ3v) is 9.35. The maximum absolute atomic E-state index is 13.9. The molecule has 292 valence electrons. The predicted octanol–water partition coefficient (Wildman–Crippen LogP) is 0.356. The lowest BCUT2D eigenvalue weighted by Gasteiger charge is -2.40. The van der Waals surface area contributed by atoms with Crippen molar-refractivity contribution in [3.05, 3.63) is 46.0 Å². The minimum absolute atomic E-state index is 0.445. The van der Waals surface area contributed by atoms with Gasteiger partial charge in [0.1, 0.15) is 24.4 Å². The molecule has 22 heteroatoms. The van der Waals surface area contributed by atoms with E-state index in [-0.39, 0.29) is 0 Å². The van der Waals surface area contributed by atoms with Crippen molar-refractivity contribution in [1.29, 1.82) is 0 Å². The lowest BCUT2D eigenvalue weighted by atomic mass is 9.82. The zero-order chi connectivity index (χ0) is 41.0. The number of hydrogen-bond donors (Lipinski definition) is 14. The van der Waals surface area contributed by atoms with E-state index in [0.29, 0.717) is 18.2 Å². The first kappa shape index (κ1) is 36.6. The van der Waals surface area contributed by atoms with Gasteiger partial charge in [-0.1, -0.05) is 0 Å². The summed E-state index contributed by atoms with van der Waals surface area (Å²) in [5, 5.41) is 150. The molecule has 0 saturated heterocycles. The Balaban J connectivity index is 1.47. The molecule has 5 unspecified atom stereocenters. The molecule has 0 aromatic heterocycles. The Morgan fingerprint density at radius 1 is 0.411 bits per heavy atom. The second-order valence-electron chi connectivity index (χ2n) is 12.5. The van der Waals surface area contributed by atoms with Crippen LogP contribution in [0.4, 0.5) is 0 Å². The van der Waals surface area contributed by atoms with Crippen molar-refractivity contribution in [3.63, 3.8) is 0 Å². The Morgan fingerprint density at radius 2 is 0.893 bits per heavy atom. The fraction of sp³-hybridized carbons (Fsp3) is 0.176. The number of aromatic hydroxyl groups is 12. The van der Waals surface area contributed by atoms with Gasteiger partial charge in [0.15, 0.2) is 64.3 Å². The molecule has 4 aliphatic heterocycles. The second-order valence-corrected chi connectivity index (χ2v) is 12.5. The van der Waals surface area contributed by atoms with Gasteiger partial charge in [0.05, 0.1) is 16.7 Å². The number of aliphatic hydroxyl groups is 2. The molecule has 4 heterocycles. The number of rotatable bonds is 1. The van der Waals surface area contributed by atoms with Crippen LogP contribution in [0.3, 0.4) is 0 Å². The molecule has 0 saturated carbocycles. The van der Waals surface area contributed by atoms with Gasteiger partial charge in [-0.05, 0) is 18.2 Å². The van der Waals surface area contributed by atoms with Crippen molar-refractivity contribution in [2.45, 2.75) is 30.5 Å². The van der Waals surface area contributed by atoms with Gasteiger partial charge in [-0.3, -0.25) is 0 Å². The Morgan fingerprint density at radius 3 is 1.52 bits per heavy atom. The summed E-state index contributed by atoms with van der Waals surface area (Å²) in [5.41, 5.74) is -8.91. The monoisotopic (exact) mass is 784 g/mol. The van der Waals surface area contributed by atoms with Gasteiger partial charge in [0, 0.05) is 27.8 Å². The van der Waals surface area contributed by atoms with Crippen LogP contribution in [-0.4, -0.2) is 126 Å². The number of carbonyl (C=O) groups is 4. The van der Waals surface area contributed by atoms with Crippen LogP contribution in [0.2, 0.25) is 0 Å². The lowest BCUT2D eigenvalue weighted by Crippen LogP contribution is -2.55. The topological polar surface area (TPSA) is 388 Å². The molecule has 14 N–H and O–H groups in total. The second kappa shape index (κ2) is 12.4. The van der Waals surface area contributed by atoms with E-state index < -0.39 is 180 Å². The number of esters is 4. The number of phenolic OH excluding ortho intramolecular Hbond substituents is 12. The molecule has 56 heavy (non-hydrogen) atoms. The van der Waals surface area contributed by atoms with Crippen LogP contribution < -0.4 is 0 Å². The minimum Gasteiger partial charge on any atom is -0.504 e. The predicted molar refractivity (Wildman–Crippen MR) is 173 cm³/mol. The van der Waals surface area contributed by atoms with Crippen molar-refractivity contribution in [1.82, 2.24) is 0 Å². The van der Waals surface area contributed by atoms with E-state index in [9.17, 15) is 90.7 Å². The fourth-order valence-corrected chi connectivity index (χ4v) is 6.66. The molecule has 0 spiro atoms. The smallest absolute Gasteiger partial charge is 0.342 e. The third kappa shape index (κ3) is 5.03.